The van der Waals surface area contributed by atoms with Crippen LogP contribution < -0.4 is 4.74 Å². The summed E-state index contributed by atoms with van der Waals surface area (Å²) < 4.78 is 147. The molecule has 0 N–H and O–H groups in total. The van der Waals surface area contributed by atoms with Crippen LogP contribution in [0.15, 0.2) is 0 Å². The lowest BCUT2D eigenvalue weighted by molar-refractivity contribution is -0.169. The van der Waals surface area contributed by atoms with Crippen LogP contribution >= 0.6 is 0 Å². The van der Waals surface area contributed by atoms with Gasteiger partial charge in [0.1, 0.15) is 0 Å². The molecule has 16 nitrogen and oxygen atoms in total. The fourth-order valence-electron chi connectivity index (χ4n) is 4.60. The van der Waals surface area contributed by atoms with Crippen LogP contribution in [0, 0.1) is 29.1 Å². The first-order chi connectivity index (χ1) is 28.9. The van der Waals surface area contributed by atoms with Gasteiger partial charge in [-0.05, 0) is 19.3 Å². The van der Waals surface area contributed by atoms with Crippen LogP contribution in [0.25, 0.3) is 0 Å². The van der Waals surface area contributed by atoms with Crippen molar-refractivity contribution in [2.45, 2.75) is 32.0 Å². The number of carbonyl (C=O) groups excluding carboxylic acids is 1. The maximum absolute atomic E-state index is 13.6. The highest BCUT2D eigenvalue weighted by Crippen LogP contribution is 2.29. The molecule has 1 fully saturated rings. The average molecular weight is 869 g/mol. The molecule has 0 bridgehead atoms. The fourth-order valence-corrected chi connectivity index (χ4v) is 4.60. The van der Waals surface area contributed by atoms with E-state index in [1.165, 1.54) is 0 Å². The number of esters is 1. The molecule has 0 spiro atoms. The number of benzene rings is 1. The lowest BCUT2D eigenvalue weighted by atomic mass is 10.2. The zero-order valence-corrected chi connectivity index (χ0v) is 33.7. The molecule has 1 unspecified atom stereocenters. The van der Waals surface area contributed by atoms with Gasteiger partial charge < -0.3 is 71.1 Å². The SMILES string of the molecule is O=C(CCOCCOCCOCCOCCOCCOCCOCCOCCOCCOCCOCCOCCOC1CCCCO1)Oc1c(F)c(F)c(F)c(F)c1F. The smallest absolute Gasteiger partial charge is 0.313 e. The van der Waals surface area contributed by atoms with Crippen LogP contribution in [0.3, 0.4) is 0 Å². The van der Waals surface area contributed by atoms with Crippen LogP contribution in [0.2, 0.25) is 0 Å². The van der Waals surface area contributed by atoms with Gasteiger partial charge in [-0.3, -0.25) is 4.79 Å². The topological polar surface area (TPSA) is 156 Å². The third-order valence-corrected chi connectivity index (χ3v) is 7.60. The van der Waals surface area contributed by atoms with Crippen LogP contribution in [0.5, 0.6) is 5.75 Å². The van der Waals surface area contributed by atoms with E-state index in [-0.39, 0.29) is 32.7 Å². The Hall–Kier alpha value is -2.22. The molecule has 1 atom stereocenters. The minimum Gasteiger partial charge on any atom is -0.420 e. The summed E-state index contributed by atoms with van der Waals surface area (Å²) in [5.41, 5.74) is 0. The third-order valence-electron chi connectivity index (χ3n) is 7.60. The van der Waals surface area contributed by atoms with E-state index in [4.69, 9.17) is 66.3 Å². The van der Waals surface area contributed by atoms with Gasteiger partial charge in [-0.1, -0.05) is 0 Å². The van der Waals surface area contributed by atoms with Gasteiger partial charge in [0.15, 0.2) is 6.29 Å². The Morgan fingerprint density at radius 1 is 0.407 bits per heavy atom. The minimum atomic E-state index is -2.35. The van der Waals surface area contributed by atoms with E-state index in [1.807, 2.05) is 0 Å². The summed E-state index contributed by atoms with van der Waals surface area (Å²) in [7, 11) is 0. The molecule has 2 rings (SSSR count). The highest BCUT2D eigenvalue weighted by molar-refractivity contribution is 5.72. The van der Waals surface area contributed by atoms with Crippen molar-refractivity contribution in [2.24, 2.45) is 0 Å². The summed E-state index contributed by atoms with van der Waals surface area (Å²) in [4.78, 5) is 11.7. The monoisotopic (exact) mass is 868 g/mol. The van der Waals surface area contributed by atoms with E-state index in [1.54, 1.807) is 0 Å². The van der Waals surface area contributed by atoms with Crippen LogP contribution in [-0.4, -0.2) is 184 Å². The van der Waals surface area contributed by atoms with Gasteiger partial charge in [0, 0.05) is 6.61 Å². The summed E-state index contributed by atoms with van der Waals surface area (Å²) in [6.45, 7) is 10.5. The molecular weight excluding hydrogens is 807 g/mol. The quantitative estimate of drug-likeness (QED) is 0.0236. The maximum atomic E-state index is 13.6. The molecule has 0 aliphatic carbocycles. The van der Waals surface area contributed by atoms with Gasteiger partial charge in [-0.2, -0.15) is 8.78 Å². The van der Waals surface area contributed by atoms with Crippen LogP contribution in [0.4, 0.5) is 22.0 Å². The zero-order chi connectivity index (χ0) is 42.4. The van der Waals surface area contributed by atoms with E-state index >= 15 is 0 Å². The number of halogens is 5. The number of carbonyl (C=O) groups is 1. The second-order valence-corrected chi connectivity index (χ2v) is 12.1. The molecule has 1 aromatic carbocycles. The molecule has 1 saturated heterocycles. The Kier molecular flexibility index (Phi) is 33.7. The molecule has 0 amide bonds. The van der Waals surface area contributed by atoms with Crippen LogP contribution in [-0.2, 0) is 71.1 Å². The third kappa shape index (κ3) is 28.1. The van der Waals surface area contributed by atoms with E-state index in [0.717, 1.165) is 25.9 Å². The molecule has 0 aromatic heterocycles. The number of hydrogen-bond donors (Lipinski definition) is 0. The molecule has 21 heteroatoms. The first-order valence-electron chi connectivity index (χ1n) is 19.8. The van der Waals surface area contributed by atoms with E-state index in [9.17, 15) is 26.7 Å². The van der Waals surface area contributed by atoms with Crippen LogP contribution in [0.1, 0.15) is 25.7 Å². The van der Waals surface area contributed by atoms with E-state index < -0.39 is 47.2 Å². The van der Waals surface area contributed by atoms with E-state index in [2.05, 4.69) is 4.74 Å². The molecule has 0 saturated carbocycles. The summed E-state index contributed by atoms with van der Waals surface area (Å²) in [6.07, 6.45) is 2.63. The van der Waals surface area contributed by atoms with Crippen molar-refractivity contribution in [1.82, 2.24) is 0 Å². The zero-order valence-electron chi connectivity index (χ0n) is 33.7. The summed E-state index contributed by atoms with van der Waals surface area (Å²) in [5.74, 6) is -14.1. The van der Waals surface area contributed by atoms with Crippen molar-refractivity contribution in [3.05, 3.63) is 29.1 Å². The van der Waals surface area contributed by atoms with Gasteiger partial charge in [0.25, 0.3) is 0 Å². The molecule has 344 valence electrons. The Bertz CT molecular complexity index is 1140. The predicted molar refractivity (Wildman–Crippen MR) is 196 cm³/mol. The fraction of sp³-hybridized carbons (Fsp3) is 0.816. The van der Waals surface area contributed by atoms with Crippen molar-refractivity contribution in [2.75, 3.05) is 172 Å². The summed E-state index contributed by atoms with van der Waals surface area (Å²) in [6, 6.07) is 0. The normalized spacial score (nSPS) is 14.4. The Labute approximate surface area is 342 Å². The largest absolute Gasteiger partial charge is 0.420 e. The Morgan fingerprint density at radius 3 is 1.00 bits per heavy atom. The number of hydrogen-bond acceptors (Lipinski definition) is 16. The molecule has 1 aromatic rings. The number of rotatable bonds is 41. The van der Waals surface area contributed by atoms with Gasteiger partial charge >= 0.3 is 5.97 Å². The van der Waals surface area contributed by atoms with E-state index in [0.29, 0.717) is 139 Å². The minimum absolute atomic E-state index is 0.0774. The van der Waals surface area contributed by atoms with Gasteiger partial charge in [0.05, 0.1) is 172 Å². The van der Waals surface area contributed by atoms with Gasteiger partial charge in [-0.15, -0.1) is 0 Å². The second kappa shape index (κ2) is 37.5. The van der Waals surface area contributed by atoms with Gasteiger partial charge in [0.2, 0.25) is 34.8 Å². The summed E-state index contributed by atoms with van der Waals surface area (Å²) >= 11 is 0. The lowest BCUT2D eigenvalue weighted by Gasteiger charge is -2.22. The number of ether oxygens (including phenoxy) is 15. The molecule has 59 heavy (non-hydrogen) atoms. The van der Waals surface area contributed by atoms with Crippen molar-refractivity contribution in [3.8, 4) is 5.75 Å². The first kappa shape index (κ1) is 52.9. The standard InChI is InChI=1S/C38H61F5O16/c39-33-34(40)36(42)38(37(43)35(33)41)59-31(44)4-6-45-7-8-46-9-10-47-11-12-48-13-14-49-15-16-50-17-18-51-19-20-52-21-22-53-23-24-54-25-26-55-27-28-56-29-30-58-32-3-1-2-5-57-32/h32H,1-30H2. The maximum Gasteiger partial charge on any atom is 0.313 e. The van der Waals surface area contributed by atoms with Crippen molar-refractivity contribution < 1.29 is 97.8 Å². The summed E-state index contributed by atoms with van der Waals surface area (Å²) in [5, 5.41) is 0. The lowest BCUT2D eigenvalue weighted by Crippen LogP contribution is -2.24. The molecule has 1 aliphatic heterocycles. The molecule has 0 radical (unpaired) electrons. The molecular formula is C38H61F5O16. The Balaban J connectivity index is 1.17. The first-order valence-corrected chi connectivity index (χ1v) is 19.8. The van der Waals surface area contributed by atoms with Gasteiger partial charge in [-0.25, -0.2) is 13.2 Å². The van der Waals surface area contributed by atoms with Crippen molar-refractivity contribution in [3.63, 3.8) is 0 Å². The predicted octanol–water partition coefficient (Wildman–Crippen LogP) is 3.42. The highest BCUT2D eigenvalue weighted by Gasteiger charge is 2.28. The second-order valence-electron chi connectivity index (χ2n) is 12.1. The average Bonchev–Trinajstić information content (AvgIpc) is 3.25. The molecule has 1 heterocycles. The molecule has 1 aliphatic rings. The van der Waals surface area contributed by atoms with Crippen molar-refractivity contribution in [1.29, 1.82) is 0 Å². The highest BCUT2D eigenvalue weighted by atomic mass is 19.2. The Morgan fingerprint density at radius 2 is 0.695 bits per heavy atom. The van der Waals surface area contributed by atoms with Crippen molar-refractivity contribution >= 4 is 5.97 Å².